The van der Waals surface area contributed by atoms with Gasteiger partial charge < -0.3 is 23.7 Å². The maximum Gasteiger partial charge on any atom is 0.431 e. The molecule has 0 aromatic rings. The molecule has 0 spiro atoms. The molecule has 1 unspecified atom stereocenters. The number of esters is 3. The Hall–Kier alpha value is -2.85. The zero-order valence-corrected chi connectivity index (χ0v) is 16.7. The van der Waals surface area contributed by atoms with E-state index in [0.29, 0.717) is 5.01 Å². The topological polar surface area (TPSA) is 130 Å². The predicted molar refractivity (Wildman–Crippen MR) is 94.0 cm³/mol. The zero-order valence-electron chi connectivity index (χ0n) is 16.7. The molecule has 28 heavy (non-hydrogen) atoms. The number of hydrazone groups is 1. The Bertz CT molecular complexity index is 614. The lowest BCUT2D eigenvalue weighted by atomic mass is 9.80. The molecule has 0 aliphatic carbocycles. The normalized spacial score (nSPS) is 17.4. The van der Waals surface area contributed by atoms with E-state index >= 15 is 0 Å². The van der Waals surface area contributed by atoms with Crippen LogP contribution in [0.3, 0.4) is 0 Å². The highest BCUT2D eigenvalue weighted by Gasteiger charge is 2.71. The van der Waals surface area contributed by atoms with E-state index in [1.165, 1.54) is 20.8 Å². The molecule has 1 amide bonds. The summed E-state index contributed by atoms with van der Waals surface area (Å²) in [5, 5.41) is 4.45. The summed E-state index contributed by atoms with van der Waals surface area (Å²) in [6, 6.07) is -1.84. The van der Waals surface area contributed by atoms with Gasteiger partial charge in [-0.05, 0) is 34.6 Å². The molecule has 0 saturated heterocycles. The molecule has 0 N–H and O–H groups in total. The molecule has 0 radical (unpaired) electrons. The second-order valence-electron chi connectivity index (χ2n) is 5.29. The molecule has 0 fully saturated rings. The summed E-state index contributed by atoms with van der Waals surface area (Å²) in [7, 11) is 0. The van der Waals surface area contributed by atoms with Crippen LogP contribution in [0.25, 0.3) is 0 Å². The average Bonchev–Trinajstić information content (AvgIpc) is 2.99. The minimum atomic E-state index is -2.47. The van der Waals surface area contributed by atoms with Gasteiger partial charge in [0.05, 0.1) is 33.0 Å². The summed E-state index contributed by atoms with van der Waals surface area (Å²) in [5.41, 5.74) is -2.47. The van der Waals surface area contributed by atoms with E-state index in [4.69, 9.17) is 23.7 Å². The van der Waals surface area contributed by atoms with Crippen LogP contribution in [0.4, 0.5) is 4.79 Å². The number of ether oxygens (including phenoxy) is 5. The lowest BCUT2D eigenvalue weighted by Crippen LogP contribution is -2.61. The van der Waals surface area contributed by atoms with Gasteiger partial charge in [0, 0.05) is 0 Å². The van der Waals surface area contributed by atoms with Gasteiger partial charge in [-0.3, -0.25) is 9.59 Å². The third-order valence-corrected chi connectivity index (χ3v) is 3.63. The van der Waals surface area contributed by atoms with Crippen LogP contribution in [0.2, 0.25) is 0 Å². The van der Waals surface area contributed by atoms with Crippen LogP contribution < -0.4 is 0 Å². The van der Waals surface area contributed by atoms with Crippen molar-refractivity contribution < 1.29 is 42.9 Å². The van der Waals surface area contributed by atoms with Crippen molar-refractivity contribution >= 4 is 29.9 Å². The van der Waals surface area contributed by atoms with E-state index in [1.807, 2.05) is 0 Å². The number of hydrogen-bond donors (Lipinski definition) is 0. The molecular formula is C17H26N2O9. The van der Waals surface area contributed by atoms with Gasteiger partial charge >= 0.3 is 24.0 Å². The molecule has 0 bridgehead atoms. The summed E-state index contributed by atoms with van der Waals surface area (Å²) in [5.74, 6) is -3.86. The maximum atomic E-state index is 12.9. The first-order chi connectivity index (χ1) is 13.4. The Morgan fingerprint density at radius 1 is 0.821 bits per heavy atom. The van der Waals surface area contributed by atoms with E-state index in [2.05, 4.69) is 5.10 Å². The largest absolute Gasteiger partial charge is 0.479 e. The second kappa shape index (κ2) is 10.5. The van der Waals surface area contributed by atoms with Crippen LogP contribution >= 0.6 is 0 Å². The average molecular weight is 402 g/mol. The van der Waals surface area contributed by atoms with Gasteiger partial charge in [0.25, 0.3) is 5.41 Å². The highest BCUT2D eigenvalue weighted by Crippen LogP contribution is 2.39. The van der Waals surface area contributed by atoms with Crippen molar-refractivity contribution in [1.29, 1.82) is 0 Å². The van der Waals surface area contributed by atoms with Gasteiger partial charge in [0.1, 0.15) is 0 Å². The molecule has 0 aromatic heterocycles. The Labute approximate surface area is 162 Å². The van der Waals surface area contributed by atoms with E-state index in [9.17, 15) is 19.2 Å². The van der Waals surface area contributed by atoms with Gasteiger partial charge in [-0.1, -0.05) is 0 Å². The van der Waals surface area contributed by atoms with Crippen molar-refractivity contribution in [3.05, 3.63) is 0 Å². The third-order valence-electron chi connectivity index (χ3n) is 3.63. The molecule has 11 heteroatoms. The Kier molecular flexibility index (Phi) is 8.68. The van der Waals surface area contributed by atoms with Gasteiger partial charge in [0.15, 0.2) is 6.04 Å². The molecule has 11 nitrogen and oxygen atoms in total. The van der Waals surface area contributed by atoms with Crippen molar-refractivity contribution in [2.45, 2.75) is 40.7 Å². The predicted octanol–water partition coefficient (Wildman–Crippen LogP) is 0.853. The fourth-order valence-electron chi connectivity index (χ4n) is 2.62. The van der Waals surface area contributed by atoms with Crippen LogP contribution in [0, 0.1) is 5.41 Å². The van der Waals surface area contributed by atoms with Crippen molar-refractivity contribution in [3.63, 3.8) is 0 Å². The number of hydrogen-bond acceptors (Lipinski definition) is 10. The monoisotopic (exact) mass is 402 g/mol. The lowest BCUT2D eigenvalue weighted by molar-refractivity contribution is -0.176. The van der Waals surface area contributed by atoms with Crippen LogP contribution in [-0.4, -0.2) is 74.0 Å². The van der Waals surface area contributed by atoms with Crippen LogP contribution in [0.1, 0.15) is 34.6 Å². The zero-order chi connectivity index (χ0) is 21.3. The first-order valence-electron chi connectivity index (χ1n) is 9.05. The Morgan fingerprint density at radius 3 is 1.75 bits per heavy atom. The van der Waals surface area contributed by atoms with Gasteiger partial charge in [-0.15, -0.1) is 5.10 Å². The van der Waals surface area contributed by atoms with Crippen molar-refractivity contribution in [2.24, 2.45) is 10.5 Å². The Balaban J connectivity index is 3.70. The first kappa shape index (κ1) is 23.2. The van der Waals surface area contributed by atoms with Crippen LogP contribution in [-0.2, 0) is 38.1 Å². The quantitative estimate of drug-likeness (QED) is 0.329. The summed E-state index contributed by atoms with van der Waals surface area (Å²) < 4.78 is 25.3. The number of nitrogens with zero attached hydrogens (tertiary/aromatic N) is 2. The van der Waals surface area contributed by atoms with Crippen LogP contribution in [0.5, 0.6) is 0 Å². The molecule has 158 valence electrons. The highest BCUT2D eigenvalue weighted by molar-refractivity contribution is 6.24. The van der Waals surface area contributed by atoms with Crippen molar-refractivity contribution in [1.82, 2.24) is 5.01 Å². The minimum absolute atomic E-state index is 0.00833. The van der Waals surface area contributed by atoms with E-state index in [-0.39, 0.29) is 33.0 Å². The molecule has 1 atom stereocenters. The summed E-state index contributed by atoms with van der Waals surface area (Å²) >= 11 is 0. The number of carbonyl (C=O) groups is 4. The molecule has 1 heterocycles. The summed E-state index contributed by atoms with van der Waals surface area (Å²) in [6.07, 6.45) is -1.06. The number of rotatable bonds is 8. The first-order valence-corrected chi connectivity index (χ1v) is 9.05. The van der Waals surface area contributed by atoms with Gasteiger partial charge in [0.2, 0.25) is 5.90 Å². The Morgan fingerprint density at radius 2 is 1.32 bits per heavy atom. The standard InChI is InChI=1S/C17H26N2O9/c1-6-24-12(20)11-17(14(21)26-8-3,15(22)27-9-4)13(25-7-2)18-19(11)16(23)28-10-5/h11H,6-10H2,1-5H3. The molecular weight excluding hydrogens is 376 g/mol. The SMILES string of the molecule is CCOC(=O)C1N(C(=O)OCC)N=C(OCC)C1(C(=O)OCC)C(=O)OCC. The van der Waals surface area contributed by atoms with E-state index in [0.717, 1.165) is 0 Å². The third kappa shape index (κ3) is 4.18. The molecule has 1 aliphatic heterocycles. The second-order valence-corrected chi connectivity index (χ2v) is 5.29. The minimum Gasteiger partial charge on any atom is -0.479 e. The maximum absolute atomic E-state index is 12.9. The lowest BCUT2D eigenvalue weighted by Gasteiger charge is -2.31. The molecule has 0 aromatic carbocycles. The van der Waals surface area contributed by atoms with Crippen molar-refractivity contribution in [2.75, 3.05) is 33.0 Å². The fraction of sp³-hybridized carbons (Fsp3) is 0.706. The highest BCUT2D eigenvalue weighted by atomic mass is 16.6. The smallest absolute Gasteiger partial charge is 0.431 e. The van der Waals surface area contributed by atoms with Crippen molar-refractivity contribution in [3.8, 4) is 0 Å². The summed E-state index contributed by atoms with van der Waals surface area (Å²) in [6.45, 7) is 7.38. The molecule has 1 aliphatic rings. The van der Waals surface area contributed by atoms with E-state index < -0.39 is 41.4 Å². The van der Waals surface area contributed by atoms with Gasteiger partial charge in [-0.2, -0.15) is 5.01 Å². The van der Waals surface area contributed by atoms with E-state index in [1.54, 1.807) is 13.8 Å². The fourth-order valence-corrected chi connectivity index (χ4v) is 2.62. The van der Waals surface area contributed by atoms with Crippen LogP contribution in [0.15, 0.2) is 5.10 Å². The molecule has 0 saturated carbocycles. The summed E-state index contributed by atoms with van der Waals surface area (Å²) in [4.78, 5) is 51.0. The number of amides is 1. The molecule has 1 rings (SSSR count). The van der Waals surface area contributed by atoms with Gasteiger partial charge in [-0.25, -0.2) is 9.59 Å². The number of carbonyl (C=O) groups excluding carboxylic acids is 4.